The minimum absolute atomic E-state index is 0.343. The first-order valence-corrected chi connectivity index (χ1v) is 6.39. The van der Waals surface area contributed by atoms with E-state index in [-0.39, 0.29) is 0 Å². The topological polar surface area (TPSA) is 62.5 Å². The zero-order valence-corrected chi connectivity index (χ0v) is 11.1. The lowest BCUT2D eigenvalue weighted by Gasteiger charge is -2.11. The zero-order chi connectivity index (χ0) is 13.9. The maximum Gasteiger partial charge on any atom is 0.159 e. The van der Waals surface area contributed by atoms with Crippen LogP contribution in [0.5, 0.6) is 0 Å². The van der Waals surface area contributed by atoms with Gasteiger partial charge in [0.05, 0.1) is 11.8 Å². The van der Waals surface area contributed by atoms with Crippen molar-refractivity contribution >= 4 is 22.4 Å². The van der Waals surface area contributed by atoms with Crippen molar-refractivity contribution in [1.82, 2.24) is 15.2 Å². The molecular weight excluding hydrogens is 272 g/mol. The molecule has 0 spiro atoms. The molecule has 20 heavy (non-hydrogen) atoms. The fraction of sp³-hybridized carbons (Fsp3) is 0.0667. The third-order valence-electron chi connectivity index (χ3n) is 3.11. The van der Waals surface area contributed by atoms with E-state index >= 15 is 0 Å². The third kappa shape index (κ3) is 2.09. The summed E-state index contributed by atoms with van der Waals surface area (Å²) in [7, 11) is 0. The Labute approximate surface area is 120 Å². The molecule has 4 nitrogen and oxygen atoms in total. The monoisotopic (exact) mass is 280 g/mol. The standard InChI is InChI=1S/C15H9ClN4/c16-15-12-4-2-1-3-11(12)14(19-20-15)13(9-17)10-5-7-18-8-6-10/h1-8,13H. The van der Waals surface area contributed by atoms with Crippen LogP contribution >= 0.6 is 11.6 Å². The van der Waals surface area contributed by atoms with E-state index < -0.39 is 5.92 Å². The Morgan fingerprint density at radius 1 is 1.00 bits per heavy atom. The summed E-state index contributed by atoms with van der Waals surface area (Å²) in [6, 6.07) is 13.4. The van der Waals surface area contributed by atoms with Crippen molar-refractivity contribution in [2.24, 2.45) is 0 Å². The predicted octanol–water partition coefficient (Wildman–Crippen LogP) is 3.33. The summed E-state index contributed by atoms with van der Waals surface area (Å²) in [6.07, 6.45) is 3.32. The lowest BCUT2D eigenvalue weighted by atomic mass is 9.94. The molecule has 0 N–H and O–H groups in total. The second-order valence-corrected chi connectivity index (χ2v) is 4.62. The van der Waals surface area contributed by atoms with Crippen LogP contribution in [0.1, 0.15) is 17.2 Å². The summed E-state index contributed by atoms with van der Waals surface area (Å²) in [5.41, 5.74) is 1.45. The molecule has 1 unspecified atom stereocenters. The van der Waals surface area contributed by atoms with Gasteiger partial charge in [0.1, 0.15) is 5.92 Å². The molecule has 0 amide bonds. The van der Waals surface area contributed by atoms with Gasteiger partial charge in [-0.15, -0.1) is 5.10 Å². The number of hydrogen-bond donors (Lipinski definition) is 0. The summed E-state index contributed by atoms with van der Waals surface area (Å²) < 4.78 is 0. The molecule has 5 heteroatoms. The van der Waals surface area contributed by atoms with E-state index in [4.69, 9.17) is 11.6 Å². The summed E-state index contributed by atoms with van der Waals surface area (Å²) >= 11 is 6.06. The predicted molar refractivity (Wildman–Crippen MR) is 76.2 cm³/mol. The summed E-state index contributed by atoms with van der Waals surface area (Å²) in [5, 5.41) is 19.6. The number of aromatic nitrogens is 3. The highest BCUT2D eigenvalue weighted by Crippen LogP contribution is 2.30. The van der Waals surface area contributed by atoms with Crippen LogP contribution in [0.3, 0.4) is 0 Å². The number of rotatable bonds is 2. The number of hydrogen-bond acceptors (Lipinski definition) is 4. The molecule has 1 atom stereocenters. The van der Waals surface area contributed by atoms with Crippen LogP contribution in [0.15, 0.2) is 48.8 Å². The number of fused-ring (bicyclic) bond motifs is 1. The first-order valence-electron chi connectivity index (χ1n) is 6.01. The van der Waals surface area contributed by atoms with E-state index in [2.05, 4.69) is 21.3 Å². The number of nitriles is 1. The summed E-state index contributed by atoms with van der Waals surface area (Å²) in [4.78, 5) is 3.97. The van der Waals surface area contributed by atoms with Gasteiger partial charge in [0.2, 0.25) is 0 Å². The Balaban J connectivity index is 2.24. The van der Waals surface area contributed by atoms with Gasteiger partial charge in [0, 0.05) is 23.2 Å². The number of pyridine rings is 1. The minimum Gasteiger partial charge on any atom is -0.265 e. The van der Waals surface area contributed by atoms with E-state index in [1.807, 2.05) is 24.3 Å². The van der Waals surface area contributed by atoms with Crippen molar-refractivity contribution in [3.63, 3.8) is 0 Å². The van der Waals surface area contributed by atoms with E-state index in [9.17, 15) is 5.26 Å². The summed E-state index contributed by atoms with van der Waals surface area (Å²) in [6.45, 7) is 0. The molecule has 1 aromatic carbocycles. The molecule has 0 saturated carbocycles. The smallest absolute Gasteiger partial charge is 0.159 e. The fourth-order valence-corrected chi connectivity index (χ4v) is 2.36. The van der Waals surface area contributed by atoms with E-state index in [1.165, 1.54) is 0 Å². The van der Waals surface area contributed by atoms with Gasteiger partial charge in [-0.05, 0) is 17.7 Å². The Bertz CT molecular complexity index is 796. The fourth-order valence-electron chi connectivity index (χ4n) is 2.15. The molecule has 2 heterocycles. The van der Waals surface area contributed by atoms with Gasteiger partial charge in [-0.3, -0.25) is 4.98 Å². The quantitative estimate of drug-likeness (QED) is 0.722. The van der Waals surface area contributed by atoms with Gasteiger partial charge in [-0.1, -0.05) is 35.9 Å². The lowest BCUT2D eigenvalue weighted by Crippen LogP contribution is -2.04. The van der Waals surface area contributed by atoms with Crippen molar-refractivity contribution < 1.29 is 0 Å². The van der Waals surface area contributed by atoms with Crippen molar-refractivity contribution in [3.8, 4) is 6.07 Å². The van der Waals surface area contributed by atoms with Crippen molar-refractivity contribution in [1.29, 1.82) is 5.26 Å². The van der Waals surface area contributed by atoms with Gasteiger partial charge in [0.25, 0.3) is 0 Å². The molecular formula is C15H9ClN4. The third-order valence-corrected chi connectivity index (χ3v) is 3.39. The van der Waals surface area contributed by atoms with E-state index in [0.29, 0.717) is 10.8 Å². The highest BCUT2D eigenvalue weighted by atomic mass is 35.5. The Kier molecular flexibility index (Phi) is 3.28. The van der Waals surface area contributed by atoms with Crippen LogP contribution in [0.2, 0.25) is 5.15 Å². The van der Waals surface area contributed by atoms with E-state index in [0.717, 1.165) is 16.3 Å². The molecule has 96 valence electrons. The van der Waals surface area contributed by atoms with Gasteiger partial charge < -0.3 is 0 Å². The minimum atomic E-state index is -0.493. The first kappa shape index (κ1) is 12.5. The van der Waals surface area contributed by atoms with Crippen LogP contribution in [-0.2, 0) is 0 Å². The Morgan fingerprint density at radius 3 is 2.40 bits per heavy atom. The van der Waals surface area contributed by atoms with Crippen LogP contribution < -0.4 is 0 Å². The molecule has 3 aromatic rings. The molecule has 0 aliphatic rings. The van der Waals surface area contributed by atoms with Gasteiger partial charge >= 0.3 is 0 Å². The van der Waals surface area contributed by atoms with Crippen LogP contribution in [-0.4, -0.2) is 15.2 Å². The normalized spacial score (nSPS) is 12.0. The first-order chi connectivity index (χ1) is 9.81. The lowest BCUT2D eigenvalue weighted by molar-refractivity contribution is 0.901. The van der Waals surface area contributed by atoms with Gasteiger partial charge in [-0.2, -0.15) is 10.4 Å². The largest absolute Gasteiger partial charge is 0.265 e. The zero-order valence-electron chi connectivity index (χ0n) is 10.4. The molecule has 0 fully saturated rings. The summed E-state index contributed by atoms with van der Waals surface area (Å²) in [5.74, 6) is -0.493. The van der Waals surface area contributed by atoms with Crippen molar-refractivity contribution in [2.75, 3.05) is 0 Å². The molecule has 0 saturated heterocycles. The van der Waals surface area contributed by atoms with Crippen LogP contribution in [0, 0.1) is 11.3 Å². The average molecular weight is 281 g/mol. The van der Waals surface area contributed by atoms with Crippen LogP contribution in [0.25, 0.3) is 10.8 Å². The number of halogens is 1. The second-order valence-electron chi connectivity index (χ2n) is 4.26. The van der Waals surface area contributed by atoms with Crippen LogP contribution in [0.4, 0.5) is 0 Å². The molecule has 0 bridgehead atoms. The van der Waals surface area contributed by atoms with Crippen molar-refractivity contribution in [2.45, 2.75) is 5.92 Å². The highest BCUT2D eigenvalue weighted by Gasteiger charge is 2.19. The maximum atomic E-state index is 9.49. The van der Waals surface area contributed by atoms with Gasteiger partial charge in [0.15, 0.2) is 5.15 Å². The maximum absolute atomic E-state index is 9.49. The molecule has 3 rings (SSSR count). The second kappa shape index (κ2) is 5.24. The van der Waals surface area contributed by atoms with Gasteiger partial charge in [-0.25, -0.2) is 0 Å². The number of benzene rings is 1. The number of nitrogens with zero attached hydrogens (tertiary/aromatic N) is 4. The van der Waals surface area contributed by atoms with Crippen molar-refractivity contribution in [3.05, 3.63) is 65.2 Å². The Hall–Kier alpha value is -2.51. The molecule has 0 aliphatic carbocycles. The SMILES string of the molecule is N#CC(c1ccncc1)c1nnc(Cl)c2ccccc12. The molecule has 2 aromatic heterocycles. The van der Waals surface area contributed by atoms with E-state index in [1.54, 1.807) is 24.5 Å². The molecule has 0 aliphatic heterocycles. The Morgan fingerprint density at radius 2 is 1.70 bits per heavy atom. The highest BCUT2D eigenvalue weighted by molar-refractivity contribution is 6.34. The molecule has 0 radical (unpaired) electrons. The average Bonchev–Trinajstić information content (AvgIpc) is 2.52.